The maximum Gasteiger partial charge on any atom is 0.243 e. The van der Waals surface area contributed by atoms with Crippen LogP contribution in [0, 0.1) is 12.8 Å². The SMILES string of the molecule is Cc1cccn2nc(NCC(C)CCO)nc12. The van der Waals surface area contributed by atoms with Crippen molar-refractivity contribution in [3.05, 3.63) is 23.9 Å². The molecule has 2 N–H and O–H groups in total. The van der Waals surface area contributed by atoms with Gasteiger partial charge in [0, 0.05) is 19.3 Å². The fourth-order valence-corrected chi connectivity index (χ4v) is 1.70. The lowest BCUT2D eigenvalue weighted by Crippen LogP contribution is -2.13. The van der Waals surface area contributed by atoms with Crippen LogP contribution in [0.25, 0.3) is 5.65 Å². The van der Waals surface area contributed by atoms with E-state index < -0.39 is 0 Å². The van der Waals surface area contributed by atoms with Gasteiger partial charge in [0.15, 0.2) is 5.65 Å². The minimum Gasteiger partial charge on any atom is -0.396 e. The van der Waals surface area contributed by atoms with Gasteiger partial charge < -0.3 is 10.4 Å². The molecule has 0 aliphatic heterocycles. The van der Waals surface area contributed by atoms with Crippen molar-refractivity contribution in [2.24, 2.45) is 5.92 Å². The standard InChI is InChI=1S/C12H18N4O/c1-9(5-7-17)8-13-12-14-11-10(2)4-3-6-16(11)15-12/h3-4,6,9,17H,5,7-8H2,1-2H3,(H,13,15). The van der Waals surface area contributed by atoms with Gasteiger partial charge in [0.05, 0.1) is 0 Å². The highest BCUT2D eigenvalue weighted by molar-refractivity contribution is 5.49. The van der Waals surface area contributed by atoms with Gasteiger partial charge in [-0.05, 0) is 30.9 Å². The zero-order valence-electron chi connectivity index (χ0n) is 10.2. The van der Waals surface area contributed by atoms with E-state index in [-0.39, 0.29) is 6.61 Å². The number of aliphatic hydroxyl groups is 1. The van der Waals surface area contributed by atoms with E-state index in [9.17, 15) is 0 Å². The van der Waals surface area contributed by atoms with Gasteiger partial charge in [-0.1, -0.05) is 13.0 Å². The molecule has 0 saturated carbocycles. The van der Waals surface area contributed by atoms with Gasteiger partial charge in [-0.15, -0.1) is 5.10 Å². The third-order valence-corrected chi connectivity index (χ3v) is 2.79. The molecule has 2 rings (SSSR count). The summed E-state index contributed by atoms with van der Waals surface area (Å²) in [6, 6.07) is 3.97. The zero-order chi connectivity index (χ0) is 12.3. The lowest BCUT2D eigenvalue weighted by atomic mass is 10.1. The minimum atomic E-state index is 0.223. The van der Waals surface area contributed by atoms with Crippen LogP contribution in [0.2, 0.25) is 0 Å². The third-order valence-electron chi connectivity index (χ3n) is 2.79. The monoisotopic (exact) mass is 234 g/mol. The predicted molar refractivity (Wildman–Crippen MR) is 67.1 cm³/mol. The van der Waals surface area contributed by atoms with Crippen molar-refractivity contribution in [2.75, 3.05) is 18.5 Å². The van der Waals surface area contributed by atoms with Crippen molar-refractivity contribution < 1.29 is 5.11 Å². The number of aryl methyl sites for hydroxylation is 1. The first-order valence-corrected chi connectivity index (χ1v) is 5.87. The Morgan fingerprint density at radius 2 is 2.35 bits per heavy atom. The number of aromatic nitrogens is 3. The molecule has 92 valence electrons. The molecule has 0 bridgehead atoms. The molecule has 1 atom stereocenters. The number of anilines is 1. The summed E-state index contributed by atoms with van der Waals surface area (Å²) >= 11 is 0. The number of rotatable bonds is 5. The number of pyridine rings is 1. The number of hydrogen-bond donors (Lipinski definition) is 2. The Labute approximate surface area is 100 Å². The van der Waals surface area contributed by atoms with E-state index in [1.54, 1.807) is 4.52 Å². The second-order valence-electron chi connectivity index (χ2n) is 4.39. The van der Waals surface area contributed by atoms with E-state index in [1.807, 2.05) is 25.3 Å². The average molecular weight is 234 g/mol. The normalized spacial score (nSPS) is 12.9. The highest BCUT2D eigenvalue weighted by Gasteiger charge is 2.06. The molecule has 1 unspecified atom stereocenters. The zero-order valence-corrected chi connectivity index (χ0v) is 10.2. The summed E-state index contributed by atoms with van der Waals surface area (Å²) in [5, 5.41) is 16.4. The van der Waals surface area contributed by atoms with Gasteiger partial charge in [0.1, 0.15) is 0 Å². The topological polar surface area (TPSA) is 62.5 Å². The molecule has 2 aromatic heterocycles. The van der Waals surface area contributed by atoms with Gasteiger partial charge in [-0.2, -0.15) is 4.98 Å². The van der Waals surface area contributed by atoms with Crippen LogP contribution in [0.1, 0.15) is 18.9 Å². The third kappa shape index (κ3) is 2.74. The first-order chi connectivity index (χ1) is 8.20. The fourth-order valence-electron chi connectivity index (χ4n) is 1.70. The molecule has 5 nitrogen and oxygen atoms in total. The molecule has 0 saturated heterocycles. The Hall–Kier alpha value is -1.62. The van der Waals surface area contributed by atoms with Crippen molar-refractivity contribution >= 4 is 11.6 Å². The van der Waals surface area contributed by atoms with Gasteiger partial charge in [0.2, 0.25) is 5.95 Å². The Kier molecular flexibility index (Phi) is 3.58. The second kappa shape index (κ2) is 5.14. The second-order valence-corrected chi connectivity index (χ2v) is 4.39. The van der Waals surface area contributed by atoms with Gasteiger partial charge in [-0.25, -0.2) is 4.52 Å². The van der Waals surface area contributed by atoms with E-state index in [1.165, 1.54) is 0 Å². The molecule has 0 radical (unpaired) electrons. The molecule has 0 aliphatic rings. The molecular weight excluding hydrogens is 216 g/mol. The number of hydrogen-bond acceptors (Lipinski definition) is 4. The summed E-state index contributed by atoms with van der Waals surface area (Å²) < 4.78 is 1.77. The maximum atomic E-state index is 8.82. The Morgan fingerprint density at radius 1 is 1.53 bits per heavy atom. The van der Waals surface area contributed by atoms with Crippen LogP contribution >= 0.6 is 0 Å². The fraction of sp³-hybridized carbons (Fsp3) is 0.500. The van der Waals surface area contributed by atoms with Crippen molar-refractivity contribution in [1.82, 2.24) is 14.6 Å². The summed E-state index contributed by atoms with van der Waals surface area (Å²) in [5.41, 5.74) is 1.99. The van der Waals surface area contributed by atoms with E-state index >= 15 is 0 Å². The molecule has 17 heavy (non-hydrogen) atoms. The largest absolute Gasteiger partial charge is 0.396 e. The Morgan fingerprint density at radius 3 is 3.06 bits per heavy atom. The van der Waals surface area contributed by atoms with Crippen LogP contribution in [0.5, 0.6) is 0 Å². The summed E-state index contributed by atoms with van der Waals surface area (Å²) in [5.74, 6) is 1.05. The number of nitrogens with zero attached hydrogens (tertiary/aromatic N) is 3. The first-order valence-electron chi connectivity index (χ1n) is 5.87. The summed E-state index contributed by atoms with van der Waals surface area (Å²) in [7, 11) is 0. The molecule has 2 heterocycles. The highest BCUT2D eigenvalue weighted by Crippen LogP contribution is 2.10. The van der Waals surface area contributed by atoms with Crippen LogP contribution < -0.4 is 5.32 Å². The molecule has 0 aromatic carbocycles. The molecule has 0 spiro atoms. The quantitative estimate of drug-likeness (QED) is 0.822. The van der Waals surface area contributed by atoms with Crippen LogP contribution in [-0.4, -0.2) is 32.9 Å². The number of aliphatic hydroxyl groups excluding tert-OH is 1. The van der Waals surface area contributed by atoms with Gasteiger partial charge in [0.25, 0.3) is 0 Å². The molecule has 0 aliphatic carbocycles. The number of fused-ring (bicyclic) bond motifs is 1. The van der Waals surface area contributed by atoms with Gasteiger partial charge in [-0.3, -0.25) is 0 Å². The Balaban J connectivity index is 2.07. The van der Waals surface area contributed by atoms with Crippen molar-refractivity contribution in [1.29, 1.82) is 0 Å². The van der Waals surface area contributed by atoms with Crippen LogP contribution in [0.3, 0.4) is 0 Å². The van der Waals surface area contributed by atoms with E-state index in [4.69, 9.17) is 5.11 Å². The van der Waals surface area contributed by atoms with Crippen LogP contribution in [0.15, 0.2) is 18.3 Å². The summed E-state index contributed by atoms with van der Waals surface area (Å²) in [6.45, 7) is 5.10. The summed E-state index contributed by atoms with van der Waals surface area (Å²) in [4.78, 5) is 4.42. The molecule has 5 heteroatoms. The predicted octanol–water partition coefficient (Wildman–Crippen LogP) is 1.47. The average Bonchev–Trinajstić information content (AvgIpc) is 2.71. The van der Waals surface area contributed by atoms with E-state index in [0.29, 0.717) is 11.9 Å². The highest BCUT2D eigenvalue weighted by atomic mass is 16.3. The molecule has 0 amide bonds. The lowest BCUT2D eigenvalue weighted by Gasteiger charge is -2.08. The van der Waals surface area contributed by atoms with Crippen LogP contribution in [-0.2, 0) is 0 Å². The molecule has 2 aromatic rings. The Bertz CT molecular complexity index is 494. The van der Waals surface area contributed by atoms with Crippen molar-refractivity contribution in [3.8, 4) is 0 Å². The molecule has 0 fully saturated rings. The van der Waals surface area contributed by atoms with E-state index in [2.05, 4.69) is 22.3 Å². The smallest absolute Gasteiger partial charge is 0.243 e. The van der Waals surface area contributed by atoms with Gasteiger partial charge >= 0.3 is 0 Å². The van der Waals surface area contributed by atoms with E-state index in [0.717, 1.165) is 24.2 Å². The maximum absolute atomic E-state index is 8.82. The van der Waals surface area contributed by atoms with Crippen molar-refractivity contribution in [3.63, 3.8) is 0 Å². The first kappa shape index (κ1) is 11.9. The number of nitrogens with one attached hydrogen (secondary N) is 1. The van der Waals surface area contributed by atoms with Crippen molar-refractivity contribution in [2.45, 2.75) is 20.3 Å². The molecular formula is C12H18N4O. The minimum absolute atomic E-state index is 0.223. The summed E-state index contributed by atoms with van der Waals surface area (Å²) in [6.07, 6.45) is 2.68. The van der Waals surface area contributed by atoms with Crippen LogP contribution in [0.4, 0.5) is 5.95 Å². The lowest BCUT2D eigenvalue weighted by molar-refractivity contribution is 0.265.